The SMILES string of the molecule is C1CCNCC1.C=CC#N.CN(Cc1cc(Cl)ncn1)C1CCCc2cccnc21.CN(Cc1cc(N2CCCCC2)ncn1)C1CCCc2cccnc21.CN(Cc1cc(N2CCN(CCC#N)CC2)ncn1)C1CCCc2cccnc21.CN(Cc1cc(N2CCNCC2)ncn1)C1CCCc2cccnc21. The number of fused-ring (bicyclic) bond motifs is 4. The van der Waals surface area contributed by atoms with Gasteiger partial charge in [-0.15, -0.1) is 0 Å². The number of hydrogen-bond acceptors (Lipinski definition) is 24. The second-order valence-electron chi connectivity index (χ2n) is 29.6. The highest BCUT2D eigenvalue weighted by molar-refractivity contribution is 6.29. The summed E-state index contributed by atoms with van der Waals surface area (Å²) in [5.41, 5.74) is 14.7. The minimum atomic E-state index is 0.349. The molecule has 0 aromatic carbocycles. The number of halogens is 1. The third-order valence-corrected chi connectivity index (χ3v) is 22.1. The van der Waals surface area contributed by atoms with E-state index in [0.717, 1.165) is 183 Å². The average molecular weight is 1490 g/mol. The van der Waals surface area contributed by atoms with E-state index in [4.69, 9.17) is 22.1 Å². The van der Waals surface area contributed by atoms with Crippen LogP contribution in [0.2, 0.25) is 5.15 Å². The first-order chi connectivity index (χ1) is 53.5. The second kappa shape index (κ2) is 43.4. The van der Waals surface area contributed by atoms with Gasteiger partial charge in [0.1, 0.15) is 47.9 Å². The van der Waals surface area contributed by atoms with Crippen molar-refractivity contribution in [1.29, 1.82) is 10.5 Å². The zero-order valence-electron chi connectivity index (χ0n) is 64.8. The van der Waals surface area contributed by atoms with Crippen LogP contribution in [0.1, 0.15) is 188 Å². The number of nitrogens with one attached hydrogen (secondary N) is 2. The summed E-state index contributed by atoms with van der Waals surface area (Å²) in [4.78, 5) is 72.7. The van der Waals surface area contributed by atoms with Gasteiger partial charge in [-0.2, -0.15) is 10.5 Å². The van der Waals surface area contributed by atoms with Gasteiger partial charge in [-0.25, -0.2) is 39.9 Å². The number of aryl methyl sites for hydroxylation is 4. The predicted octanol–water partition coefficient (Wildman–Crippen LogP) is 12.1. The topological polar surface area (TPSA) is 252 Å². The number of nitrogens with zero attached hydrogens (tertiary/aromatic N) is 22. The van der Waals surface area contributed by atoms with E-state index in [1.54, 1.807) is 25.1 Å². The highest BCUT2D eigenvalue weighted by Gasteiger charge is 2.30. The van der Waals surface area contributed by atoms with Gasteiger partial charge in [-0.05, 0) is 203 Å². The Morgan fingerprint density at radius 2 is 0.761 bits per heavy atom. The summed E-state index contributed by atoms with van der Waals surface area (Å²) in [7, 11) is 8.66. The summed E-state index contributed by atoms with van der Waals surface area (Å²) in [6.07, 6.45) is 38.2. The Morgan fingerprint density at radius 1 is 0.422 bits per heavy atom. The van der Waals surface area contributed by atoms with Crippen molar-refractivity contribution in [1.82, 2.24) is 94.9 Å². The van der Waals surface area contributed by atoms with Crippen LogP contribution in [0.15, 0.2) is 136 Å². The Hall–Kier alpha value is -8.95. The first kappa shape index (κ1) is 81.0. The molecule has 4 aliphatic carbocycles. The van der Waals surface area contributed by atoms with Crippen LogP contribution in [0.25, 0.3) is 0 Å². The van der Waals surface area contributed by atoms with Crippen molar-refractivity contribution in [2.45, 2.75) is 172 Å². The van der Waals surface area contributed by atoms with E-state index in [9.17, 15) is 0 Å². The smallest absolute Gasteiger partial charge is 0.132 e. The molecule has 0 amide bonds. The first-order valence-corrected chi connectivity index (χ1v) is 40.1. The molecular weight excluding hydrogens is 1380 g/mol. The molecule has 4 unspecified atom stereocenters. The number of rotatable bonds is 17. The number of aromatic nitrogens is 12. The van der Waals surface area contributed by atoms with E-state index >= 15 is 0 Å². The highest BCUT2D eigenvalue weighted by Crippen LogP contribution is 2.37. The fraction of sp³-hybridized carbons (Fsp3) is 0.524. The van der Waals surface area contributed by atoms with E-state index in [1.807, 2.05) is 49.1 Å². The summed E-state index contributed by atoms with van der Waals surface area (Å²) < 4.78 is 0. The lowest BCUT2D eigenvalue weighted by Gasteiger charge is -2.35. The molecule has 0 bridgehead atoms. The molecule has 0 spiro atoms. The van der Waals surface area contributed by atoms with Crippen molar-refractivity contribution in [3.8, 4) is 12.1 Å². The second-order valence-corrected chi connectivity index (χ2v) is 30.0. The van der Waals surface area contributed by atoms with Gasteiger partial charge in [0.05, 0.1) is 81.9 Å². The van der Waals surface area contributed by atoms with E-state index in [-0.39, 0.29) is 0 Å². The van der Waals surface area contributed by atoms with Gasteiger partial charge in [0.25, 0.3) is 0 Å². The molecule has 4 fully saturated rings. The van der Waals surface area contributed by atoms with E-state index in [1.165, 1.54) is 141 Å². The van der Waals surface area contributed by atoms with Gasteiger partial charge in [-0.1, -0.05) is 48.9 Å². The zero-order chi connectivity index (χ0) is 75.8. The molecule has 4 aliphatic heterocycles. The lowest BCUT2D eigenvalue weighted by molar-refractivity contribution is 0.206. The molecule has 4 atom stereocenters. The Bertz CT molecular complexity index is 4010. The molecule has 8 aromatic heterocycles. The minimum Gasteiger partial charge on any atom is -0.357 e. The monoisotopic (exact) mass is 1490 g/mol. The Morgan fingerprint density at radius 3 is 1.10 bits per heavy atom. The van der Waals surface area contributed by atoms with Crippen LogP contribution in [0.5, 0.6) is 0 Å². The molecule has 8 aliphatic rings. The van der Waals surface area contributed by atoms with E-state index < -0.39 is 0 Å². The van der Waals surface area contributed by atoms with Crippen LogP contribution >= 0.6 is 11.6 Å². The number of allylic oxidation sites excluding steroid dienone is 1. The van der Waals surface area contributed by atoms with Gasteiger partial charge in [0, 0.05) is 154 Å². The Kier molecular flexibility index (Phi) is 32.3. The van der Waals surface area contributed by atoms with Crippen molar-refractivity contribution in [2.75, 3.05) is 128 Å². The number of hydrogen-bond donors (Lipinski definition) is 2. The third-order valence-electron chi connectivity index (χ3n) is 21.9. The highest BCUT2D eigenvalue weighted by atomic mass is 35.5. The molecule has 16 rings (SSSR count). The van der Waals surface area contributed by atoms with Gasteiger partial charge in [0.2, 0.25) is 0 Å². The lowest BCUT2D eigenvalue weighted by Crippen LogP contribution is -2.46. The molecule has 24 nitrogen and oxygen atoms in total. The predicted molar refractivity (Wildman–Crippen MR) is 431 cm³/mol. The third kappa shape index (κ3) is 24.3. The van der Waals surface area contributed by atoms with Crippen LogP contribution in [0.3, 0.4) is 0 Å². The maximum atomic E-state index is 8.77. The summed E-state index contributed by atoms with van der Waals surface area (Å²) >= 11 is 5.91. The maximum absolute atomic E-state index is 8.77. The number of pyridine rings is 4. The van der Waals surface area contributed by atoms with Gasteiger partial charge < -0.3 is 25.3 Å². The van der Waals surface area contributed by atoms with E-state index in [2.05, 4.69) is 199 Å². The molecule has 2 N–H and O–H groups in total. The van der Waals surface area contributed by atoms with Crippen molar-refractivity contribution in [3.63, 3.8) is 0 Å². The molecule has 0 radical (unpaired) electrons. The van der Waals surface area contributed by atoms with Crippen molar-refractivity contribution in [2.24, 2.45) is 0 Å². The molecule has 25 heteroatoms. The fourth-order valence-corrected chi connectivity index (χ4v) is 16.3. The van der Waals surface area contributed by atoms with Crippen molar-refractivity contribution >= 4 is 29.1 Å². The zero-order valence-corrected chi connectivity index (χ0v) is 65.6. The molecule has 0 saturated carbocycles. The number of anilines is 3. The van der Waals surface area contributed by atoms with Gasteiger partial charge >= 0.3 is 0 Å². The van der Waals surface area contributed by atoms with Crippen molar-refractivity contribution in [3.05, 3.63) is 209 Å². The average Bonchev–Trinajstić information content (AvgIpc) is 0.829. The molecular formula is C84H113ClN24. The molecule has 576 valence electrons. The van der Waals surface area contributed by atoms with Crippen LogP contribution in [0.4, 0.5) is 17.5 Å². The van der Waals surface area contributed by atoms with Crippen LogP contribution in [0, 0.1) is 22.7 Å². The lowest BCUT2D eigenvalue weighted by atomic mass is 9.91. The summed E-state index contributed by atoms with van der Waals surface area (Å²) in [5.74, 6) is 3.13. The van der Waals surface area contributed by atoms with Crippen LogP contribution in [-0.2, 0) is 51.9 Å². The van der Waals surface area contributed by atoms with Crippen LogP contribution in [-0.4, -0.2) is 198 Å². The Balaban J connectivity index is 0.000000139. The number of nitriles is 2. The maximum Gasteiger partial charge on any atom is 0.132 e. The first-order valence-electron chi connectivity index (χ1n) is 39.7. The Labute approximate surface area is 652 Å². The standard InChI is InChI=1S/C22H29N7.C20H27N5.C19H26N6.C15H17ClN4.C5H11N.C3H3N/c1-27(20-7-2-5-18-6-3-9-24-22(18)20)16-19-15-21(26-17-25-19)29-13-11-28(12-14-29)10-4-8-23;1-24(18-9-5-7-16-8-6-10-21-20(16)18)14-17-13-19(23-15-22-17)25-11-3-2-4-12-25;1-24(17-6-2-4-15-5-3-7-21-19(15)17)13-16-12-18(23-14-22-16)25-10-8-20-9-11-25;1-20(9-12-8-14(16)19-10-18-12)13-6-2-4-11-5-3-7-17-15(11)13;1-2-4-6-5-3-1;1-2-3-4/h3,6,9,15,17,20H,2,4-5,7,10-14,16H2,1H3;6,8,10,13,15,18H,2-5,7,9,11-12,14H2,1H3;3,5,7,12,14,17,20H,2,4,6,8-11,13H2,1H3;3,5,7-8,10,13H,2,4,6,9H2,1H3;6H,1-5H2;2H,1H2. The summed E-state index contributed by atoms with van der Waals surface area (Å²) in [6.45, 7) is 19.8. The van der Waals surface area contributed by atoms with Gasteiger partial charge in [-0.3, -0.25) is 44.4 Å². The summed E-state index contributed by atoms with van der Waals surface area (Å²) in [5, 5.41) is 23.4. The number of piperazine rings is 2. The molecule has 12 heterocycles. The summed E-state index contributed by atoms with van der Waals surface area (Å²) in [6, 6.07) is 30.7. The molecule has 109 heavy (non-hydrogen) atoms. The quantitative estimate of drug-likeness (QED) is 0.0635. The fourth-order valence-electron chi connectivity index (χ4n) is 16.1. The number of piperidine rings is 2. The minimum absolute atomic E-state index is 0.349. The van der Waals surface area contributed by atoms with Gasteiger partial charge in [0.15, 0.2) is 0 Å². The van der Waals surface area contributed by atoms with Crippen molar-refractivity contribution < 1.29 is 0 Å². The molecule has 4 saturated heterocycles. The largest absolute Gasteiger partial charge is 0.357 e. The van der Waals surface area contributed by atoms with E-state index in [0.29, 0.717) is 35.7 Å². The normalized spacial score (nSPS) is 19.5. The molecule has 8 aromatic rings. The van der Waals surface area contributed by atoms with Crippen LogP contribution < -0.4 is 25.3 Å².